The summed E-state index contributed by atoms with van der Waals surface area (Å²) < 4.78 is 18.6. The Morgan fingerprint density at radius 3 is 2.37 bits per heavy atom. The first kappa shape index (κ1) is 26.2. The molecule has 0 spiro atoms. The van der Waals surface area contributed by atoms with Crippen molar-refractivity contribution in [3.63, 3.8) is 0 Å². The molecule has 8 nitrogen and oxygen atoms in total. The minimum absolute atomic E-state index is 0.0255. The van der Waals surface area contributed by atoms with Crippen LogP contribution in [0, 0.1) is 5.82 Å². The number of methoxy groups -OCH3 is 1. The molecule has 192 valence electrons. The number of amides is 2. The Labute approximate surface area is 218 Å². The van der Waals surface area contributed by atoms with Crippen LogP contribution in [0.25, 0.3) is 11.1 Å². The Hall–Kier alpha value is -4.89. The lowest BCUT2D eigenvalue weighted by Gasteiger charge is -2.13. The average molecular weight is 513 g/mol. The van der Waals surface area contributed by atoms with Crippen LogP contribution in [0.15, 0.2) is 85.2 Å². The highest BCUT2D eigenvalue weighted by Gasteiger charge is 2.14. The molecule has 0 aliphatic heterocycles. The molecular weight excluding hydrogens is 487 g/mol. The van der Waals surface area contributed by atoms with E-state index in [1.165, 1.54) is 19.4 Å². The van der Waals surface area contributed by atoms with Gasteiger partial charge in [0, 0.05) is 29.6 Å². The molecule has 0 aliphatic carbocycles. The summed E-state index contributed by atoms with van der Waals surface area (Å²) in [5.41, 5.74) is 10.2. The number of rotatable bonds is 8. The molecule has 0 atom stereocenters. The van der Waals surface area contributed by atoms with Gasteiger partial charge in [0.15, 0.2) is 5.82 Å². The summed E-state index contributed by atoms with van der Waals surface area (Å²) in [5.74, 6) is -1.80. The Bertz CT molecular complexity index is 1490. The van der Waals surface area contributed by atoms with Crippen LogP contribution in [0.4, 0.5) is 15.8 Å². The SMILES string of the molecule is COC(=O)Cc1ccc(C(=O)Nc2cccc(-c3cc(C(=O)Nc4ccncc4F)ccc3CN)c2)cc1. The molecule has 0 aliphatic rings. The predicted molar refractivity (Wildman–Crippen MR) is 142 cm³/mol. The van der Waals surface area contributed by atoms with E-state index in [1.54, 1.807) is 60.7 Å². The van der Waals surface area contributed by atoms with Crippen LogP contribution in [0.5, 0.6) is 0 Å². The molecule has 4 aromatic rings. The van der Waals surface area contributed by atoms with E-state index in [0.29, 0.717) is 22.4 Å². The van der Waals surface area contributed by atoms with E-state index in [2.05, 4.69) is 20.4 Å². The van der Waals surface area contributed by atoms with E-state index >= 15 is 0 Å². The lowest BCUT2D eigenvalue weighted by Crippen LogP contribution is -2.14. The Morgan fingerprint density at radius 2 is 1.66 bits per heavy atom. The fourth-order valence-corrected chi connectivity index (χ4v) is 3.82. The smallest absolute Gasteiger partial charge is 0.309 e. The third-order valence-electron chi connectivity index (χ3n) is 5.84. The monoisotopic (exact) mass is 512 g/mol. The minimum Gasteiger partial charge on any atom is -0.469 e. The maximum absolute atomic E-state index is 13.9. The predicted octanol–water partition coefficient (Wildman–Crippen LogP) is 4.57. The zero-order chi connectivity index (χ0) is 27.1. The quantitative estimate of drug-likeness (QED) is 0.297. The highest BCUT2D eigenvalue weighted by atomic mass is 19.1. The number of benzene rings is 3. The Kier molecular flexibility index (Phi) is 8.20. The van der Waals surface area contributed by atoms with Gasteiger partial charge < -0.3 is 21.1 Å². The van der Waals surface area contributed by atoms with Crippen molar-refractivity contribution in [3.8, 4) is 11.1 Å². The van der Waals surface area contributed by atoms with Crippen LogP contribution in [-0.2, 0) is 22.5 Å². The van der Waals surface area contributed by atoms with Gasteiger partial charge >= 0.3 is 5.97 Å². The Balaban J connectivity index is 1.54. The number of hydrogen-bond donors (Lipinski definition) is 3. The third kappa shape index (κ3) is 6.26. The van der Waals surface area contributed by atoms with Gasteiger partial charge in [-0.05, 0) is 64.7 Å². The van der Waals surface area contributed by atoms with Gasteiger partial charge in [-0.3, -0.25) is 19.4 Å². The van der Waals surface area contributed by atoms with Crippen LogP contribution < -0.4 is 16.4 Å². The summed E-state index contributed by atoms with van der Waals surface area (Å²) in [6.45, 7) is 0.227. The largest absolute Gasteiger partial charge is 0.469 e. The first-order valence-corrected chi connectivity index (χ1v) is 11.7. The van der Waals surface area contributed by atoms with Crippen molar-refractivity contribution >= 4 is 29.2 Å². The van der Waals surface area contributed by atoms with Gasteiger partial charge in [0.1, 0.15) is 0 Å². The van der Waals surface area contributed by atoms with Gasteiger partial charge in [-0.15, -0.1) is 0 Å². The van der Waals surface area contributed by atoms with Gasteiger partial charge in [0.25, 0.3) is 11.8 Å². The molecule has 9 heteroatoms. The summed E-state index contributed by atoms with van der Waals surface area (Å²) in [5, 5.41) is 5.41. The van der Waals surface area contributed by atoms with Crippen LogP contribution >= 0.6 is 0 Å². The second-order valence-corrected chi connectivity index (χ2v) is 8.37. The summed E-state index contributed by atoms with van der Waals surface area (Å²) in [6, 6.07) is 20.2. The lowest BCUT2D eigenvalue weighted by atomic mass is 9.96. The topological polar surface area (TPSA) is 123 Å². The van der Waals surface area contributed by atoms with Crippen LogP contribution in [0.1, 0.15) is 31.8 Å². The molecule has 0 bridgehead atoms. The molecule has 0 radical (unpaired) electrons. The highest BCUT2D eigenvalue weighted by molar-refractivity contribution is 6.06. The van der Waals surface area contributed by atoms with E-state index in [9.17, 15) is 18.8 Å². The molecule has 3 aromatic carbocycles. The first-order chi connectivity index (χ1) is 18.4. The van der Waals surface area contributed by atoms with E-state index in [4.69, 9.17) is 5.73 Å². The van der Waals surface area contributed by atoms with E-state index in [0.717, 1.165) is 22.9 Å². The van der Waals surface area contributed by atoms with Gasteiger partial charge in [-0.2, -0.15) is 0 Å². The maximum Gasteiger partial charge on any atom is 0.309 e. The molecule has 0 saturated carbocycles. The number of nitrogens with two attached hydrogens (primary N) is 1. The van der Waals surface area contributed by atoms with Crippen molar-refractivity contribution in [2.75, 3.05) is 17.7 Å². The number of carbonyl (C=O) groups excluding carboxylic acids is 3. The molecule has 0 unspecified atom stereocenters. The van der Waals surface area contributed by atoms with Crippen molar-refractivity contribution in [1.82, 2.24) is 4.98 Å². The summed E-state index contributed by atoms with van der Waals surface area (Å²) >= 11 is 0. The molecule has 0 saturated heterocycles. The average Bonchev–Trinajstić information content (AvgIpc) is 2.94. The standard InChI is InChI=1S/C29H25FN4O4/c1-38-27(35)13-18-5-7-19(8-6-18)28(36)33-23-4-2-3-20(14-23)24-15-21(9-10-22(24)16-31)29(37)34-26-11-12-32-17-25(26)30/h2-12,14-15,17H,13,16,31H2,1H3,(H,33,36)(H,32,34,37). The molecule has 1 heterocycles. The molecule has 4 rings (SSSR count). The number of esters is 1. The number of carbonyl (C=O) groups is 3. The molecular formula is C29H25FN4O4. The highest BCUT2D eigenvalue weighted by Crippen LogP contribution is 2.28. The van der Waals surface area contributed by atoms with E-state index in [-0.39, 0.29) is 30.5 Å². The maximum atomic E-state index is 13.9. The van der Waals surface area contributed by atoms with Crippen LogP contribution in [0.3, 0.4) is 0 Å². The summed E-state index contributed by atoms with van der Waals surface area (Å²) in [4.78, 5) is 40.7. The molecule has 1 aromatic heterocycles. The molecule has 2 amide bonds. The van der Waals surface area contributed by atoms with E-state index < -0.39 is 11.7 Å². The normalized spacial score (nSPS) is 10.5. The van der Waals surface area contributed by atoms with Gasteiger partial charge in [-0.1, -0.05) is 30.3 Å². The first-order valence-electron chi connectivity index (χ1n) is 11.7. The number of halogens is 1. The number of aromatic nitrogens is 1. The number of ether oxygens (including phenoxy) is 1. The van der Waals surface area contributed by atoms with Crippen molar-refractivity contribution in [1.29, 1.82) is 0 Å². The van der Waals surface area contributed by atoms with Gasteiger partial charge in [-0.25, -0.2) is 4.39 Å². The van der Waals surface area contributed by atoms with E-state index in [1.807, 2.05) is 6.07 Å². The fraction of sp³-hybridized carbons (Fsp3) is 0.103. The minimum atomic E-state index is -0.638. The second kappa shape index (κ2) is 11.9. The van der Waals surface area contributed by atoms with Crippen LogP contribution in [-0.4, -0.2) is 29.9 Å². The van der Waals surface area contributed by atoms with Crippen molar-refractivity contribution < 1.29 is 23.5 Å². The zero-order valence-corrected chi connectivity index (χ0v) is 20.5. The molecule has 38 heavy (non-hydrogen) atoms. The molecule has 4 N–H and O–H groups in total. The lowest BCUT2D eigenvalue weighted by molar-refractivity contribution is -0.139. The third-order valence-corrected chi connectivity index (χ3v) is 5.84. The fourth-order valence-electron chi connectivity index (χ4n) is 3.82. The van der Waals surface area contributed by atoms with Crippen molar-refractivity contribution in [2.24, 2.45) is 5.73 Å². The number of nitrogens with zero attached hydrogens (tertiary/aromatic N) is 1. The number of nitrogens with one attached hydrogen (secondary N) is 2. The number of anilines is 2. The number of hydrogen-bond acceptors (Lipinski definition) is 6. The second-order valence-electron chi connectivity index (χ2n) is 8.37. The summed E-state index contributed by atoms with van der Waals surface area (Å²) in [6.07, 6.45) is 2.53. The van der Waals surface area contributed by atoms with Crippen LogP contribution in [0.2, 0.25) is 0 Å². The summed E-state index contributed by atoms with van der Waals surface area (Å²) in [7, 11) is 1.32. The number of pyridine rings is 1. The molecule has 0 fully saturated rings. The Morgan fingerprint density at radius 1 is 0.921 bits per heavy atom. The van der Waals surface area contributed by atoms with Gasteiger partial charge in [0.05, 0.1) is 25.4 Å². The van der Waals surface area contributed by atoms with Crippen molar-refractivity contribution in [2.45, 2.75) is 13.0 Å². The van der Waals surface area contributed by atoms with Crippen molar-refractivity contribution in [3.05, 3.63) is 113 Å². The zero-order valence-electron chi connectivity index (χ0n) is 20.5. The van der Waals surface area contributed by atoms with Gasteiger partial charge in [0.2, 0.25) is 0 Å².